The van der Waals surface area contributed by atoms with E-state index in [1.165, 1.54) is 23.9 Å². The van der Waals surface area contributed by atoms with E-state index in [0.29, 0.717) is 22.2 Å². The van der Waals surface area contributed by atoms with Crippen LogP contribution in [-0.4, -0.2) is 31.5 Å². The number of benzene rings is 2. The molecule has 28 heavy (non-hydrogen) atoms. The Balaban J connectivity index is 1.49. The maximum absolute atomic E-state index is 13.2. The highest BCUT2D eigenvalue weighted by molar-refractivity contribution is 7.99. The monoisotopic (exact) mass is 393 g/mol. The van der Waals surface area contributed by atoms with Gasteiger partial charge in [-0.15, -0.1) is 10.2 Å². The van der Waals surface area contributed by atoms with Gasteiger partial charge in [-0.1, -0.05) is 47.7 Å². The number of carbonyl (C=O) groups excluding carboxylic acids is 1. The van der Waals surface area contributed by atoms with Crippen LogP contribution in [0.15, 0.2) is 65.7 Å². The summed E-state index contributed by atoms with van der Waals surface area (Å²) in [4.78, 5) is 12.1. The fraction of sp³-hybridized carbons (Fsp3) is 0.100. The molecule has 0 radical (unpaired) electrons. The molecule has 0 atom stereocenters. The van der Waals surface area contributed by atoms with E-state index < -0.39 is 5.82 Å². The summed E-state index contributed by atoms with van der Waals surface area (Å²) in [5, 5.41) is 16.2. The molecule has 140 valence electrons. The number of halogens is 1. The predicted octanol–water partition coefficient (Wildman–Crippen LogP) is 3.97. The lowest BCUT2D eigenvalue weighted by molar-refractivity contribution is -0.113. The van der Waals surface area contributed by atoms with Gasteiger partial charge >= 0.3 is 0 Å². The van der Waals surface area contributed by atoms with Crippen LogP contribution in [0.25, 0.3) is 17.0 Å². The molecule has 0 bridgehead atoms. The van der Waals surface area contributed by atoms with Crippen LogP contribution in [0.1, 0.15) is 5.56 Å². The summed E-state index contributed by atoms with van der Waals surface area (Å²) < 4.78 is 14.9. The summed E-state index contributed by atoms with van der Waals surface area (Å²) in [5.41, 5.74) is 3.13. The van der Waals surface area contributed by atoms with Crippen molar-refractivity contribution in [1.82, 2.24) is 19.8 Å². The topological polar surface area (TPSA) is 72.2 Å². The third-order valence-corrected chi connectivity index (χ3v) is 4.93. The highest BCUT2D eigenvalue weighted by Gasteiger charge is 2.11. The molecule has 6 nitrogen and oxygen atoms in total. The van der Waals surface area contributed by atoms with Gasteiger partial charge in [-0.2, -0.15) is 9.61 Å². The number of amides is 1. The van der Waals surface area contributed by atoms with Gasteiger partial charge in [0.05, 0.1) is 5.75 Å². The van der Waals surface area contributed by atoms with Gasteiger partial charge in [-0.3, -0.25) is 4.79 Å². The average Bonchev–Trinajstić information content (AvgIpc) is 3.10. The molecular weight excluding hydrogens is 377 g/mol. The number of aromatic nitrogens is 4. The Morgan fingerprint density at radius 3 is 2.71 bits per heavy atom. The van der Waals surface area contributed by atoms with E-state index in [4.69, 9.17) is 0 Å². The quantitative estimate of drug-likeness (QED) is 0.520. The van der Waals surface area contributed by atoms with E-state index >= 15 is 0 Å². The van der Waals surface area contributed by atoms with Crippen molar-refractivity contribution in [2.24, 2.45) is 0 Å². The first-order valence-electron chi connectivity index (χ1n) is 8.56. The second-order valence-electron chi connectivity index (χ2n) is 6.18. The van der Waals surface area contributed by atoms with Crippen LogP contribution in [0.4, 0.5) is 10.1 Å². The van der Waals surface area contributed by atoms with E-state index in [1.54, 1.807) is 22.7 Å². The molecule has 2 heterocycles. The zero-order chi connectivity index (χ0) is 19.5. The van der Waals surface area contributed by atoms with Gasteiger partial charge in [0.2, 0.25) is 5.91 Å². The van der Waals surface area contributed by atoms with Crippen LogP contribution in [0.5, 0.6) is 0 Å². The lowest BCUT2D eigenvalue weighted by Crippen LogP contribution is -2.14. The maximum atomic E-state index is 13.2. The van der Waals surface area contributed by atoms with Gasteiger partial charge in [0, 0.05) is 11.3 Å². The first-order chi connectivity index (χ1) is 13.6. The Morgan fingerprint density at radius 1 is 1.11 bits per heavy atom. The van der Waals surface area contributed by atoms with Crippen LogP contribution in [0.2, 0.25) is 0 Å². The standard InChI is InChI=1S/C20H16FN5OS/c1-13-5-7-14(8-6-13)20-24-23-17-9-10-19(25-26(17)20)28-12-18(27)22-16-4-2-3-15(21)11-16/h2-11H,12H2,1H3,(H,22,27). The highest BCUT2D eigenvalue weighted by atomic mass is 32.2. The number of nitrogens with zero attached hydrogens (tertiary/aromatic N) is 4. The van der Waals surface area contributed by atoms with Gasteiger partial charge in [0.15, 0.2) is 11.5 Å². The summed E-state index contributed by atoms with van der Waals surface area (Å²) in [6, 6.07) is 17.4. The minimum atomic E-state index is -0.395. The van der Waals surface area contributed by atoms with Crippen molar-refractivity contribution in [1.29, 1.82) is 0 Å². The number of carbonyl (C=O) groups is 1. The van der Waals surface area contributed by atoms with Gasteiger partial charge in [0.25, 0.3) is 0 Å². The molecule has 0 aliphatic carbocycles. The summed E-state index contributed by atoms with van der Waals surface area (Å²) >= 11 is 1.28. The van der Waals surface area contributed by atoms with Crippen molar-refractivity contribution >= 4 is 29.0 Å². The molecule has 0 unspecified atom stereocenters. The largest absolute Gasteiger partial charge is 0.325 e. The fourth-order valence-corrected chi connectivity index (χ4v) is 3.29. The van der Waals surface area contributed by atoms with Gasteiger partial charge in [-0.05, 0) is 37.3 Å². The first kappa shape index (κ1) is 18.1. The number of aryl methyl sites for hydroxylation is 1. The molecule has 2 aromatic heterocycles. The van der Waals surface area contributed by atoms with Crippen molar-refractivity contribution in [2.75, 3.05) is 11.1 Å². The van der Waals surface area contributed by atoms with E-state index in [0.717, 1.165) is 11.1 Å². The van der Waals surface area contributed by atoms with Gasteiger partial charge < -0.3 is 5.32 Å². The molecule has 1 amide bonds. The Kier molecular flexibility index (Phi) is 5.03. The van der Waals surface area contributed by atoms with Crippen LogP contribution in [0.3, 0.4) is 0 Å². The Hall–Kier alpha value is -3.26. The van der Waals surface area contributed by atoms with Crippen molar-refractivity contribution in [3.63, 3.8) is 0 Å². The number of fused-ring (bicyclic) bond motifs is 1. The van der Waals surface area contributed by atoms with E-state index in [2.05, 4.69) is 20.6 Å². The number of nitrogens with one attached hydrogen (secondary N) is 1. The molecule has 0 aliphatic rings. The number of rotatable bonds is 5. The fourth-order valence-electron chi connectivity index (χ4n) is 2.63. The number of hydrogen-bond acceptors (Lipinski definition) is 5. The smallest absolute Gasteiger partial charge is 0.234 e. The van der Waals surface area contributed by atoms with E-state index in [1.807, 2.05) is 37.3 Å². The van der Waals surface area contributed by atoms with Crippen molar-refractivity contribution in [3.05, 3.63) is 72.0 Å². The molecule has 4 aromatic rings. The van der Waals surface area contributed by atoms with Crippen LogP contribution in [0, 0.1) is 12.7 Å². The number of thioether (sulfide) groups is 1. The van der Waals surface area contributed by atoms with Crippen LogP contribution >= 0.6 is 11.8 Å². The minimum Gasteiger partial charge on any atom is -0.325 e. The summed E-state index contributed by atoms with van der Waals surface area (Å²) in [6.45, 7) is 2.02. The highest BCUT2D eigenvalue weighted by Crippen LogP contribution is 2.21. The normalized spacial score (nSPS) is 10.9. The van der Waals surface area contributed by atoms with Crippen molar-refractivity contribution in [3.8, 4) is 11.4 Å². The number of hydrogen-bond donors (Lipinski definition) is 1. The summed E-state index contributed by atoms with van der Waals surface area (Å²) in [7, 11) is 0. The molecule has 4 rings (SSSR count). The SMILES string of the molecule is Cc1ccc(-c2nnc3ccc(SCC(=O)Nc4cccc(F)c4)nn23)cc1. The van der Waals surface area contributed by atoms with Crippen molar-refractivity contribution < 1.29 is 9.18 Å². The van der Waals surface area contributed by atoms with E-state index in [-0.39, 0.29) is 11.7 Å². The third-order valence-electron chi connectivity index (χ3n) is 4.01. The van der Waals surface area contributed by atoms with Gasteiger partial charge in [-0.25, -0.2) is 4.39 Å². The Bertz CT molecular complexity index is 1140. The summed E-state index contributed by atoms with van der Waals surface area (Å²) in [6.07, 6.45) is 0. The molecule has 0 aliphatic heterocycles. The van der Waals surface area contributed by atoms with Gasteiger partial charge in [0.1, 0.15) is 10.8 Å². The molecule has 0 saturated carbocycles. The minimum absolute atomic E-state index is 0.150. The predicted molar refractivity (Wildman–Crippen MR) is 107 cm³/mol. The molecular formula is C20H16FN5OS. The third kappa shape index (κ3) is 4.01. The Morgan fingerprint density at radius 2 is 1.93 bits per heavy atom. The molecule has 2 aromatic carbocycles. The molecule has 0 spiro atoms. The lowest BCUT2D eigenvalue weighted by Gasteiger charge is -2.05. The van der Waals surface area contributed by atoms with E-state index in [9.17, 15) is 9.18 Å². The summed E-state index contributed by atoms with van der Waals surface area (Å²) in [5.74, 6) is 0.160. The second kappa shape index (κ2) is 7.77. The zero-order valence-electron chi connectivity index (χ0n) is 15.0. The van der Waals surface area contributed by atoms with Crippen molar-refractivity contribution in [2.45, 2.75) is 11.9 Å². The second-order valence-corrected chi connectivity index (χ2v) is 7.17. The maximum Gasteiger partial charge on any atom is 0.234 e. The molecule has 1 N–H and O–H groups in total. The average molecular weight is 393 g/mol. The molecule has 0 fully saturated rings. The zero-order valence-corrected chi connectivity index (χ0v) is 15.8. The number of anilines is 1. The lowest BCUT2D eigenvalue weighted by atomic mass is 10.1. The van der Waals surface area contributed by atoms with Crippen LogP contribution < -0.4 is 5.32 Å². The molecule has 8 heteroatoms. The molecule has 0 saturated heterocycles. The Labute approximate surface area is 164 Å². The first-order valence-corrected chi connectivity index (χ1v) is 9.55. The van der Waals surface area contributed by atoms with Crippen LogP contribution in [-0.2, 0) is 4.79 Å².